The molecule has 2 heterocycles. The smallest absolute Gasteiger partial charge is 0.254 e. The Bertz CT molecular complexity index is 1550. The summed E-state index contributed by atoms with van der Waals surface area (Å²) in [7, 11) is 0. The first kappa shape index (κ1) is 26.6. The van der Waals surface area contributed by atoms with Gasteiger partial charge in [0.05, 0.1) is 40.2 Å². The van der Waals surface area contributed by atoms with Crippen LogP contribution in [0.25, 0.3) is 0 Å². The van der Waals surface area contributed by atoms with Gasteiger partial charge in [-0.2, -0.15) is 5.26 Å². The number of para-hydroxylation sites is 3. The lowest BCUT2D eigenvalue weighted by Gasteiger charge is -2.29. The van der Waals surface area contributed by atoms with Gasteiger partial charge in [0.15, 0.2) is 0 Å². The van der Waals surface area contributed by atoms with Crippen molar-refractivity contribution in [3.05, 3.63) is 137 Å². The molecule has 198 valence electrons. The lowest BCUT2D eigenvalue weighted by atomic mass is 9.85. The number of nitrogens with one attached hydrogen (secondary N) is 2. The molecule has 1 atom stereocenters. The van der Waals surface area contributed by atoms with E-state index >= 15 is 0 Å². The lowest BCUT2D eigenvalue weighted by molar-refractivity contribution is -0.115. The molecule has 4 aromatic rings. The summed E-state index contributed by atoms with van der Waals surface area (Å²) in [6.45, 7) is 1.78. The highest BCUT2D eigenvalue weighted by Gasteiger charge is 2.36. The SMILES string of the molecule is CC1=C(C(=O)Nc2ccccc2)C(c2ccco2)C(C#N)=C(SCC(=O)N(c2ccccc2)c2ccccc2)N1. The summed E-state index contributed by atoms with van der Waals surface area (Å²) in [5.74, 6) is -0.708. The monoisotopic (exact) mass is 546 g/mol. The largest absolute Gasteiger partial charge is 0.468 e. The van der Waals surface area contributed by atoms with Gasteiger partial charge in [-0.1, -0.05) is 66.4 Å². The number of furan rings is 1. The van der Waals surface area contributed by atoms with Crippen molar-refractivity contribution in [1.82, 2.24) is 5.32 Å². The zero-order valence-corrected chi connectivity index (χ0v) is 22.5. The van der Waals surface area contributed by atoms with Crippen LogP contribution in [0, 0.1) is 11.3 Å². The second-order valence-corrected chi connectivity index (χ2v) is 9.96. The molecule has 0 spiro atoms. The number of dihydropyridines is 1. The van der Waals surface area contributed by atoms with Crippen LogP contribution in [0.15, 0.2) is 136 Å². The number of hydrogen-bond donors (Lipinski definition) is 2. The first-order valence-electron chi connectivity index (χ1n) is 12.6. The number of hydrogen-bond acceptors (Lipinski definition) is 6. The van der Waals surface area contributed by atoms with Crippen molar-refractivity contribution in [2.24, 2.45) is 0 Å². The Hall–Kier alpha value is -5.00. The third-order valence-corrected chi connectivity index (χ3v) is 7.37. The maximum absolute atomic E-state index is 13.6. The third-order valence-electron chi connectivity index (χ3n) is 6.37. The van der Waals surface area contributed by atoms with E-state index in [0.717, 1.165) is 11.4 Å². The standard InChI is InChI=1S/C32H26N4O3S/c1-22-29(31(38)35-23-12-5-2-6-13-23)30(27-18-11-19-39-27)26(20-33)32(34-22)40-21-28(37)36(24-14-7-3-8-15-24)25-16-9-4-10-17-25/h2-19,30,34H,21H2,1H3,(H,35,38). The Kier molecular flexibility index (Phi) is 8.14. The molecule has 40 heavy (non-hydrogen) atoms. The fourth-order valence-electron chi connectivity index (χ4n) is 4.58. The highest BCUT2D eigenvalue weighted by Crippen LogP contribution is 2.41. The summed E-state index contributed by atoms with van der Waals surface area (Å²) in [6.07, 6.45) is 1.52. The van der Waals surface area contributed by atoms with Crippen LogP contribution in [0.3, 0.4) is 0 Å². The third kappa shape index (κ3) is 5.70. The highest BCUT2D eigenvalue weighted by molar-refractivity contribution is 8.03. The second-order valence-electron chi connectivity index (χ2n) is 8.98. The van der Waals surface area contributed by atoms with Gasteiger partial charge in [-0.3, -0.25) is 14.5 Å². The molecule has 0 saturated carbocycles. The Morgan fingerprint density at radius 2 is 1.52 bits per heavy atom. The van der Waals surface area contributed by atoms with Crippen LogP contribution in [0.4, 0.5) is 17.1 Å². The van der Waals surface area contributed by atoms with Crippen LogP contribution >= 0.6 is 11.8 Å². The van der Waals surface area contributed by atoms with E-state index in [0.29, 0.717) is 33.3 Å². The fraction of sp³-hybridized carbons (Fsp3) is 0.0938. The van der Waals surface area contributed by atoms with Gasteiger partial charge >= 0.3 is 0 Å². The maximum atomic E-state index is 13.6. The Balaban J connectivity index is 1.44. The Morgan fingerprint density at radius 1 is 0.925 bits per heavy atom. The van der Waals surface area contributed by atoms with Crippen LogP contribution in [0.2, 0.25) is 0 Å². The number of carbonyl (C=O) groups excluding carboxylic acids is 2. The van der Waals surface area contributed by atoms with Crippen molar-refractivity contribution in [2.75, 3.05) is 16.0 Å². The summed E-state index contributed by atoms with van der Waals surface area (Å²) in [5.41, 5.74) is 3.39. The number of nitriles is 1. The average molecular weight is 547 g/mol. The van der Waals surface area contributed by atoms with Gasteiger partial charge in [-0.05, 0) is 55.5 Å². The predicted molar refractivity (Wildman–Crippen MR) is 157 cm³/mol. The molecule has 0 bridgehead atoms. The van der Waals surface area contributed by atoms with Crippen LogP contribution < -0.4 is 15.5 Å². The number of rotatable bonds is 8. The van der Waals surface area contributed by atoms with Gasteiger partial charge < -0.3 is 15.1 Å². The zero-order valence-electron chi connectivity index (χ0n) is 21.7. The first-order chi connectivity index (χ1) is 19.6. The van der Waals surface area contributed by atoms with E-state index in [1.54, 1.807) is 36.1 Å². The van der Waals surface area contributed by atoms with E-state index in [-0.39, 0.29) is 17.6 Å². The van der Waals surface area contributed by atoms with Crippen molar-refractivity contribution in [1.29, 1.82) is 5.26 Å². The van der Waals surface area contributed by atoms with Crippen molar-refractivity contribution in [2.45, 2.75) is 12.8 Å². The fourth-order valence-corrected chi connectivity index (χ4v) is 5.52. The molecule has 3 aromatic carbocycles. The van der Waals surface area contributed by atoms with E-state index < -0.39 is 5.92 Å². The molecule has 0 fully saturated rings. The minimum Gasteiger partial charge on any atom is -0.468 e. The van der Waals surface area contributed by atoms with Crippen LogP contribution in [0.1, 0.15) is 18.6 Å². The van der Waals surface area contributed by atoms with Gasteiger partial charge in [0.25, 0.3) is 5.91 Å². The summed E-state index contributed by atoms with van der Waals surface area (Å²) in [6, 6.07) is 33.7. The minimum absolute atomic E-state index is 0.0565. The Labute approximate surface area is 236 Å². The molecular formula is C32H26N4O3S. The van der Waals surface area contributed by atoms with E-state index in [9.17, 15) is 14.9 Å². The van der Waals surface area contributed by atoms with Crippen molar-refractivity contribution in [3.63, 3.8) is 0 Å². The molecule has 1 aliphatic heterocycles. The molecule has 2 amide bonds. The molecule has 0 saturated heterocycles. The van der Waals surface area contributed by atoms with Crippen molar-refractivity contribution in [3.8, 4) is 6.07 Å². The molecule has 2 N–H and O–H groups in total. The first-order valence-corrected chi connectivity index (χ1v) is 13.6. The number of allylic oxidation sites excluding steroid dienone is 2. The summed E-state index contributed by atoms with van der Waals surface area (Å²) >= 11 is 1.23. The summed E-state index contributed by atoms with van der Waals surface area (Å²) in [4.78, 5) is 28.8. The molecule has 1 unspecified atom stereocenters. The van der Waals surface area contributed by atoms with Crippen LogP contribution in [0.5, 0.6) is 0 Å². The van der Waals surface area contributed by atoms with Crippen molar-refractivity contribution >= 4 is 40.6 Å². The van der Waals surface area contributed by atoms with Gasteiger partial charge in [-0.15, -0.1) is 0 Å². The number of thioether (sulfide) groups is 1. The van der Waals surface area contributed by atoms with Crippen LogP contribution in [-0.2, 0) is 9.59 Å². The van der Waals surface area contributed by atoms with Gasteiger partial charge in [0.2, 0.25) is 5.91 Å². The molecule has 8 heteroatoms. The normalized spacial score (nSPS) is 14.8. The topological polar surface area (TPSA) is 98.4 Å². The average Bonchev–Trinajstić information content (AvgIpc) is 3.52. The summed E-state index contributed by atoms with van der Waals surface area (Å²) < 4.78 is 5.70. The number of nitrogens with zero attached hydrogens (tertiary/aromatic N) is 2. The van der Waals surface area contributed by atoms with Crippen molar-refractivity contribution < 1.29 is 14.0 Å². The number of amides is 2. The quantitative estimate of drug-likeness (QED) is 0.255. The van der Waals surface area contributed by atoms with Gasteiger partial charge in [0, 0.05) is 22.8 Å². The zero-order chi connectivity index (χ0) is 27.9. The maximum Gasteiger partial charge on any atom is 0.254 e. The molecule has 0 aliphatic carbocycles. The van der Waals surface area contributed by atoms with Crippen LogP contribution in [-0.4, -0.2) is 17.6 Å². The van der Waals surface area contributed by atoms with E-state index in [4.69, 9.17) is 4.42 Å². The molecule has 7 nitrogen and oxygen atoms in total. The minimum atomic E-state index is -0.734. The molecule has 0 radical (unpaired) electrons. The van der Waals surface area contributed by atoms with Gasteiger partial charge in [0.1, 0.15) is 5.76 Å². The molecule has 5 rings (SSSR count). The van der Waals surface area contributed by atoms with E-state index in [1.165, 1.54) is 18.0 Å². The molecule has 1 aromatic heterocycles. The molecule has 1 aliphatic rings. The lowest BCUT2D eigenvalue weighted by Crippen LogP contribution is -2.32. The number of carbonyl (C=O) groups is 2. The van der Waals surface area contributed by atoms with E-state index in [1.807, 2.05) is 78.9 Å². The number of anilines is 3. The van der Waals surface area contributed by atoms with E-state index in [2.05, 4.69) is 16.7 Å². The number of benzene rings is 3. The molecular weight excluding hydrogens is 520 g/mol. The van der Waals surface area contributed by atoms with Gasteiger partial charge in [-0.25, -0.2) is 0 Å². The highest BCUT2D eigenvalue weighted by atomic mass is 32.2. The summed E-state index contributed by atoms with van der Waals surface area (Å²) in [5, 5.41) is 16.9. The Morgan fingerprint density at radius 3 is 2.08 bits per heavy atom. The second kappa shape index (κ2) is 12.2. The predicted octanol–water partition coefficient (Wildman–Crippen LogP) is 6.71.